The standard InChI is InChI=1S/C13H13ClN2O3/c1-7-6-9(19-3)4-5-10(7)16-12(17)8(2)11(14)15-13(16)18/h4-6H,1-3H3,(H,15,18). The molecule has 0 fully saturated rings. The van der Waals surface area contributed by atoms with Gasteiger partial charge in [-0.1, -0.05) is 11.6 Å². The van der Waals surface area contributed by atoms with Crippen molar-refractivity contribution in [2.24, 2.45) is 0 Å². The van der Waals surface area contributed by atoms with Gasteiger partial charge in [-0.3, -0.25) is 9.78 Å². The molecule has 0 radical (unpaired) electrons. The van der Waals surface area contributed by atoms with Crippen LogP contribution in [0.2, 0.25) is 5.15 Å². The first-order chi connectivity index (χ1) is 8.95. The number of halogens is 1. The predicted octanol–water partition coefficient (Wildman–Crippen LogP) is 1.80. The number of aromatic amines is 1. The molecule has 0 aliphatic heterocycles. The van der Waals surface area contributed by atoms with Crippen LogP contribution in [0.4, 0.5) is 0 Å². The maximum atomic E-state index is 12.1. The molecule has 0 atom stereocenters. The molecule has 0 bridgehead atoms. The topological polar surface area (TPSA) is 64.1 Å². The molecule has 5 nitrogen and oxygen atoms in total. The smallest absolute Gasteiger partial charge is 0.334 e. The van der Waals surface area contributed by atoms with Crippen molar-refractivity contribution in [2.45, 2.75) is 13.8 Å². The molecule has 2 aromatic rings. The third-order valence-electron chi connectivity index (χ3n) is 2.92. The van der Waals surface area contributed by atoms with Crippen LogP contribution >= 0.6 is 11.6 Å². The van der Waals surface area contributed by atoms with Gasteiger partial charge >= 0.3 is 5.69 Å². The molecule has 0 unspecified atom stereocenters. The minimum atomic E-state index is -0.561. The monoisotopic (exact) mass is 280 g/mol. The Labute approximate surface area is 114 Å². The Morgan fingerprint density at radius 1 is 1.26 bits per heavy atom. The second kappa shape index (κ2) is 4.93. The fourth-order valence-electron chi connectivity index (χ4n) is 1.82. The number of hydrogen-bond acceptors (Lipinski definition) is 3. The van der Waals surface area contributed by atoms with Gasteiger partial charge in [0.05, 0.1) is 18.4 Å². The molecule has 0 aliphatic carbocycles. The van der Waals surface area contributed by atoms with Crippen LogP contribution in [0.5, 0.6) is 5.75 Å². The lowest BCUT2D eigenvalue weighted by atomic mass is 10.2. The summed E-state index contributed by atoms with van der Waals surface area (Å²) in [6.07, 6.45) is 0. The summed E-state index contributed by atoms with van der Waals surface area (Å²) in [6, 6.07) is 5.11. The fraction of sp³-hybridized carbons (Fsp3) is 0.231. The molecular formula is C13H13ClN2O3. The van der Waals surface area contributed by atoms with Crippen LogP contribution in [0, 0.1) is 13.8 Å². The molecule has 0 aliphatic rings. The van der Waals surface area contributed by atoms with Crippen LogP contribution in [-0.4, -0.2) is 16.7 Å². The van der Waals surface area contributed by atoms with Crippen LogP contribution in [0.25, 0.3) is 5.69 Å². The fourth-order valence-corrected chi connectivity index (χ4v) is 1.98. The molecule has 0 spiro atoms. The molecule has 1 aromatic carbocycles. The van der Waals surface area contributed by atoms with Crippen LogP contribution in [0.1, 0.15) is 11.1 Å². The zero-order valence-electron chi connectivity index (χ0n) is 10.8. The summed E-state index contributed by atoms with van der Waals surface area (Å²) in [6.45, 7) is 3.36. The number of benzene rings is 1. The van der Waals surface area contributed by atoms with Crippen molar-refractivity contribution in [3.05, 3.63) is 55.3 Å². The zero-order chi connectivity index (χ0) is 14.2. The minimum Gasteiger partial charge on any atom is -0.497 e. The number of methoxy groups -OCH3 is 1. The normalized spacial score (nSPS) is 10.5. The molecule has 0 saturated heterocycles. The third-order valence-corrected chi connectivity index (χ3v) is 3.30. The van der Waals surface area contributed by atoms with Gasteiger partial charge in [0.1, 0.15) is 10.9 Å². The second-order valence-corrected chi connectivity index (χ2v) is 4.54. The van der Waals surface area contributed by atoms with Crippen LogP contribution < -0.4 is 16.0 Å². The molecule has 2 rings (SSSR count). The van der Waals surface area contributed by atoms with Gasteiger partial charge < -0.3 is 4.74 Å². The van der Waals surface area contributed by atoms with E-state index in [1.165, 1.54) is 0 Å². The Bertz CT molecular complexity index is 747. The van der Waals surface area contributed by atoms with Gasteiger partial charge in [0.15, 0.2) is 0 Å². The van der Waals surface area contributed by atoms with Gasteiger partial charge in [0.2, 0.25) is 0 Å². The van der Waals surface area contributed by atoms with Gasteiger partial charge in [-0.15, -0.1) is 0 Å². The molecule has 1 aromatic heterocycles. The van der Waals surface area contributed by atoms with Crippen LogP contribution in [0.15, 0.2) is 27.8 Å². The van der Waals surface area contributed by atoms with Gasteiger partial charge in [-0.2, -0.15) is 0 Å². The van der Waals surface area contributed by atoms with Crippen molar-refractivity contribution in [1.82, 2.24) is 9.55 Å². The van der Waals surface area contributed by atoms with Crippen molar-refractivity contribution in [3.8, 4) is 11.4 Å². The van der Waals surface area contributed by atoms with E-state index in [1.807, 2.05) is 0 Å². The van der Waals surface area contributed by atoms with E-state index in [9.17, 15) is 9.59 Å². The molecule has 0 saturated carbocycles. The van der Waals surface area contributed by atoms with E-state index in [2.05, 4.69) is 4.98 Å². The summed E-state index contributed by atoms with van der Waals surface area (Å²) in [5.41, 5.74) is 0.577. The highest BCUT2D eigenvalue weighted by Gasteiger charge is 2.12. The number of H-pyrrole nitrogens is 1. The molecule has 6 heteroatoms. The molecule has 19 heavy (non-hydrogen) atoms. The van der Waals surface area contributed by atoms with Crippen molar-refractivity contribution >= 4 is 11.6 Å². The Kier molecular flexibility index (Phi) is 3.48. The van der Waals surface area contributed by atoms with E-state index < -0.39 is 11.2 Å². The van der Waals surface area contributed by atoms with E-state index in [1.54, 1.807) is 39.2 Å². The lowest BCUT2D eigenvalue weighted by molar-refractivity contribution is 0.414. The van der Waals surface area contributed by atoms with E-state index >= 15 is 0 Å². The Morgan fingerprint density at radius 3 is 2.53 bits per heavy atom. The first-order valence-corrected chi connectivity index (χ1v) is 6.00. The molecule has 0 amide bonds. The number of aromatic nitrogens is 2. The third kappa shape index (κ3) is 2.29. The summed E-state index contributed by atoms with van der Waals surface area (Å²) in [7, 11) is 1.56. The van der Waals surface area contributed by atoms with E-state index in [0.29, 0.717) is 17.0 Å². The maximum absolute atomic E-state index is 12.1. The van der Waals surface area contributed by atoms with Gasteiger partial charge in [-0.05, 0) is 37.6 Å². The van der Waals surface area contributed by atoms with Crippen LogP contribution in [0.3, 0.4) is 0 Å². The second-order valence-electron chi connectivity index (χ2n) is 4.16. The summed E-state index contributed by atoms with van der Waals surface area (Å²) >= 11 is 5.78. The summed E-state index contributed by atoms with van der Waals surface area (Å²) < 4.78 is 6.16. The number of nitrogens with zero attached hydrogens (tertiary/aromatic N) is 1. The number of rotatable bonds is 2. The summed E-state index contributed by atoms with van der Waals surface area (Å²) in [4.78, 5) is 26.5. The highest BCUT2D eigenvalue weighted by atomic mass is 35.5. The highest BCUT2D eigenvalue weighted by Crippen LogP contribution is 2.18. The Balaban J connectivity index is 2.77. The van der Waals surface area contributed by atoms with E-state index in [4.69, 9.17) is 16.3 Å². The highest BCUT2D eigenvalue weighted by molar-refractivity contribution is 6.30. The number of ether oxygens (including phenoxy) is 1. The van der Waals surface area contributed by atoms with Gasteiger partial charge in [0, 0.05) is 0 Å². The molecular weight excluding hydrogens is 268 g/mol. The van der Waals surface area contributed by atoms with E-state index in [-0.39, 0.29) is 5.15 Å². The van der Waals surface area contributed by atoms with Crippen molar-refractivity contribution in [1.29, 1.82) is 0 Å². The predicted molar refractivity (Wildman–Crippen MR) is 73.7 cm³/mol. The number of aryl methyl sites for hydroxylation is 1. The lowest BCUT2D eigenvalue weighted by Crippen LogP contribution is -2.35. The number of hydrogen-bond donors (Lipinski definition) is 1. The van der Waals surface area contributed by atoms with E-state index in [0.717, 1.165) is 10.1 Å². The maximum Gasteiger partial charge on any atom is 0.334 e. The summed E-state index contributed by atoms with van der Waals surface area (Å²) in [5.74, 6) is 0.663. The summed E-state index contributed by atoms with van der Waals surface area (Å²) in [5, 5.41) is 0.0671. The van der Waals surface area contributed by atoms with Crippen molar-refractivity contribution < 1.29 is 4.74 Å². The zero-order valence-corrected chi connectivity index (χ0v) is 11.5. The van der Waals surface area contributed by atoms with Crippen molar-refractivity contribution in [2.75, 3.05) is 7.11 Å². The Morgan fingerprint density at radius 2 is 1.95 bits per heavy atom. The van der Waals surface area contributed by atoms with Crippen molar-refractivity contribution in [3.63, 3.8) is 0 Å². The number of nitrogens with one attached hydrogen (secondary N) is 1. The first-order valence-electron chi connectivity index (χ1n) is 5.62. The lowest BCUT2D eigenvalue weighted by Gasteiger charge is -2.10. The molecule has 1 heterocycles. The Hall–Kier alpha value is -2.01. The first kappa shape index (κ1) is 13.4. The van der Waals surface area contributed by atoms with Gasteiger partial charge in [-0.25, -0.2) is 9.36 Å². The average molecular weight is 281 g/mol. The SMILES string of the molecule is COc1ccc(-n2c(=O)[nH]c(Cl)c(C)c2=O)c(C)c1. The molecule has 100 valence electrons. The average Bonchev–Trinajstić information content (AvgIpc) is 2.38. The minimum absolute atomic E-state index is 0.0671. The van der Waals surface area contributed by atoms with Crippen LogP contribution in [-0.2, 0) is 0 Å². The molecule has 1 N–H and O–H groups in total. The van der Waals surface area contributed by atoms with Gasteiger partial charge in [0.25, 0.3) is 5.56 Å². The largest absolute Gasteiger partial charge is 0.497 e. The quantitative estimate of drug-likeness (QED) is 0.853.